The Labute approximate surface area is 133 Å². The number of hydrogen-bond acceptors (Lipinski definition) is 4. The van der Waals surface area contributed by atoms with E-state index in [1.165, 1.54) is 4.88 Å². The largest absolute Gasteiger partial charge is 0.339 e. The van der Waals surface area contributed by atoms with E-state index in [1.54, 1.807) is 17.7 Å². The smallest absolute Gasteiger partial charge is 0.142 e. The quantitative estimate of drug-likeness (QED) is 0.664. The molecular formula is C16H16ClN3S. The molecule has 3 aromatic rings. The van der Waals surface area contributed by atoms with Gasteiger partial charge in [0.05, 0.1) is 10.8 Å². The second-order valence-electron chi connectivity index (χ2n) is 4.84. The van der Waals surface area contributed by atoms with Crippen LogP contribution in [-0.2, 0) is 6.42 Å². The van der Waals surface area contributed by atoms with E-state index in [9.17, 15) is 0 Å². The maximum Gasteiger partial charge on any atom is 0.142 e. The highest BCUT2D eigenvalue weighted by molar-refractivity contribution is 7.18. The minimum atomic E-state index is -0.0558. The molecule has 1 atom stereocenters. The van der Waals surface area contributed by atoms with Gasteiger partial charge in [0.15, 0.2) is 0 Å². The van der Waals surface area contributed by atoms with Crippen molar-refractivity contribution in [3.8, 4) is 0 Å². The molecule has 0 bridgehead atoms. The van der Waals surface area contributed by atoms with Gasteiger partial charge in [-0.2, -0.15) is 0 Å². The number of nitrogens with one attached hydrogen (secondary N) is 1. The molecule has 0 spiro atoms. The zero-order valence-electron chi connectivity index (χ0n) is 11.9. The van der Waals surface area contributed by atoms with Gasteiger partial charge in [-0.25, -0.2) is 9.97 Å². The van der Waals surface area contributed by atoms with Gasteiger partial charge in [-0.15, -0.1) is 22.9 Å². The highest BCUT2D eigenvalue weighted by Crippen LogP contribution is 2.33. The van der Waals surface area contributed by atoms with Gasteiger partial charge in [0.25, 0.3) is 0 Å². The SMILES string of the molecule is CCc1cc2c(Nc3ccccc3C(C)Cl)ncnc2s1. The molecule has 0 saturated heterocycles. The number of rotatable bonds is 4. The summed E-state index contributed by atoms with van der Waals surface area (Å²) in [5, 5.41) is 4.42. The summed E-state index contributed by atoms with van der Waals surface area (Å²) in [6, 6.07) is 10.2. The molecule has 3 rings (SSSR count). The molecule has 0 amide bonds. The summed E-state index contributed by atoms with van der Waals surface area (Å²) < 4.78 is 0. The molecule has 1 aromatic carbocycles. The van der Waals surface area contributed by atoms with Crippen molar-refractivity contribution in [3.63, 3.8) is 0 Å². The van der Waals surface area contributed by atoms with Gasteiger partial charge in [0, 0.05) is 10.6 Å². The van der Waals surface area contributed by atoms with Gasteiger partial charge in [0.2, 0.25) is 0 Å². The number of alkyl halides is 1. The number of nitrogens with zero attached hydrogens (tertiary/aromatic N) is 2. The Morgan fingerprint density at radius 1 is 1.29 bits per heavy atom. The molecule has 0 saturated carbocycles. The standard InChI is InChI=1S/C16H16ClN3S/c1-3-11-8-13-15(18-9-19-16(13)21-11)20-14-7-5-4-6-12(14)10(2)17/h4-10H,3H2,1-2H3,(H,18,19,20). The van der Waals surface area contributed by atoms with Crippen LogP contribution in [0.1, 0.15) is 29.7 Å². The fraction of sp³-hybridized carbons (Fsp3) is 0.250. The highest BCUT2D eigenvalue weighted by Gasteiger charge is 2.11. The third-order valence-corrected chi connectivity index (χ3v) is 4.79. The van der Waals surface area contributed by atoms with E-state index in [0.717, 1.165) is 33.7 Å². The van der Waals surface area contributed by atoms with Crippen molar-refractivity contribution in [3.05, 3.63) is 47.1 Å². The van der Waals surface area contributed by atoms with Crippen LogP contribution < -0.4 is 5.32 Å². The van der Waals surface area contributed by atoms with Gasteiger partial charge in [-0.1, -0.05) is 25.1 Å². The van der Waals surface area contributed by atoms with Crippen molar-refractivity contribution in [2.45, 2.75) is 25.6 Å². The van der Waals surface area contributed by atoms with E-state index < -0.39 is 0 Å². The lowest BCUT2D eigenvalue weighted by molar-refractivity contribution is 1.08. The Balaban J connectivity index is 2.04. The number of benzene rings is 1. The van der Waals surface area contributed by atoms with Crippen molar-refractivity contribution < 1.29 is 0 Å². The predicted octanol–water partition coefficient (Wildman–Crippen LogP) is 5.30. The Morgan fingerprint density at radius 2 is 2.10 bits per heavy atom. The normalized spacial score (nSPS) is 12.5. The van der Waals surface area contributed by atoms with Crippen LogP contribution in [0, 0.1) is 0 Å². The van der Waals surface area contributed by atoms with E-state index in [1.807, 2.05) is 31.2 Å². The van der Waals surface area contributed by atoms with Crippen LogP contribution in [0.3, 0.4) is 0 Å². The number of halogens is 1. The number of aryl methyl sites for hydroxylation is 1. The van der Waals surface area contributed by atoms with E-state index in [0.29, 0.717) is 0 Å². The molecule has 21 heavy (non-hydrogen) atoms. The van der Waals surface area contributed by atoms with Crippen LogP contribution in [0.2, 0.25) is 0 Å². The summed E-state index contributed by atoms with van der Waals surface area (Å²) in [5.74, 6) is 0.834. The third kappa shape index (κ3) is 2.87. The van der Waals surface area contributed by atoms with Crippen molar-refractivity contribution in [2.24, 2.45) is 0 Å². The Hall–Kier alpha value is -1.65. The molecule has 0 fully saturated rings. The topological polar surface area (TPSA) is 37.8 Å². The Morgan fingerprint density at radius 3 is 2.86 bits per heavy atom. The first-order valence-corrected chi connectivity index (χ1v) is 8.17. The lowest BCUT2D eigenvalue weighted by Crippen LogP contribution is -1.99. The lowest BCUT2D eigenvalue weighted by Gasteiger charge is -2.13. The molecule has 3 nitrogen and oxygen atoms in total. The van der Waals surface area contributed by atoms with E-state index in [2.05, 4.69) is 28.3 Å². The van der Waals surface area contributed by atoms with Crippen LogP contribution in [0.4, 0.5) is 11.5 Å². The van der Waals surface area contributed by atoms with Gasteiger partial charge in [-0.3, -0.25) is 0 Å². The number of fused-ring (bicyclic) bond motifs is 1. The minimum absolute atomic E-state index is 0.0558. The maximum atomic E-state index is 6.25. The second-order valence-corrected chi connectivity index (χ2v) is 6.61. The summed E-state index contributed by atoms with van der Waals surface area (Å²) in [6.07, 6.45) is 2.61. The molecule has 2 heterocycles. The first kappa shape index (κ1) is 14.3. The molecule has 2 aromatic heterocycles. The molecule has 5 heteroatoms. The van der Waals surface area contributed by atoms with Crippen molar-refractivity contribution in [1.82, 2.24) is 9.97 Å². The number of aromatic nitrogens is 2. The second kappa shape index (κ2) is 6.00. The van der Waals surface area contributed by atoms with Gasteiger partial charge in [0.1, 0.15) is 17.0 Å². The zero-order chi connectivity index (χ0) is 14.8. The molecule has 0 aliphatic heterocycles. The number of hydrogen-bond donors (Lipinski definition) is 1. The number of anilines is 2. The summed E-state index contributed by atoms with van der Waals surface area (Å²) in [7, 11) is 0. The molecular weight excluding hydrogens is 302 g/mol. The fourth-order valence-corrected chi connectivity index (χ4v) is 3.39. The average Bonchev–Trinajstić information content (AvgIpc) is 2.92. The first-order valence-electron chi connectivity index (χ1n) is 6.92. The third-order valence-electron chi connectivity index (χ3n) is 3.37. The highest BCUT2D eigenvalue weighted by atomic mass is 35.5. The van der Waals surface area contributed by atoms with Gasteiger partial charge in [-0.05, 0) is 31.0 Å². The van der Waals surface area contributed by atoms with E-state index in [4.69, 9.17) is 11.6 Å². The molecule has 0 aliphatic rings. The van der Waals surface area contributed by atoms with Crippen LogP contribution in [0.5, 0.6) is 0 Å². The monoisotopic (exact) mass is 317 g/mol. The predicted molar refractivity (Wildman–Crippen MR) is 90.8 cm³/mol. The zero-order valence-corrected chi connectivity index (χ0v) is 13.5. The molecule has 1 unspecified atom stereocenters. The van der Waals surface area contributed by atoms with Crippen LogP contribution in [0.15, 0.2) is 36.7 Å². The van der Waals surface area contributed by atoms with E-state index in [-0.39, 0.29) is 5.38 Å². The average molecular weight is 318 g/mol. The summed E-state index contributed by atoms with van der Waals surface area (Å²) in [5.41, 5.74) is 2.06. The van der Waals surface area contributed by atoms with Crippen molar-refractivity contribution in [2.75, 3.05) is 5.32 Å². The number of thiophene rings is 1. The summed E-state index contributed by atoms with van der Waals surface area (Å²) in [6.45, 7) is 4.12. The fourth-order valence-electron chi connectivity index (χ4n) is 2.26. The van der Waals surface area contributed by atoms with E-state index >= 15 is 0 Å². The minimum Gasteiger partial charge on any atom is -0.339 e. The van der Waals surface area contributed by atoms with Gasteiger partial charge >= 0.3 is 0 Å². The molecule has 0 aliphatic carbocycles. The van der Waals surface area contributed by atoms with Crippen LogP contribution >= 0.6 is 22.9 Å². The van der Waals surface area contributed by atoms with Crippen molar-refractivity contribution >= 4 is 44.7 Å². The number of para-hydroxylation sites is 1. The van der Waals surface area contributed by atoms with Gasteiger partial charge < -0.3 is 5.32 Å². The molecule has 1 N–H and O–H groups in total. The summed E-state index contributed by atoms with van der Waals surface area (Å²) in [4.78, 5) is 11.1. The Kier molecular flexibility index (Phi) is 4.08. The summed E-state index contributed by atoms with van der Waals surface area (Å²) >= 11 is 7.96. The maximum absolute atomic E-state index is 6.25. The molecule has 0 radical (unpaired) electrons. The molecule has 108 valence electrons. The van der Waals surface area contributed by atoms with Crippen LogP contribution in [0.25, 0.3) is 10.2 Å². The first-order chi connectivity index (χ1) is 10.2. The van der Waals surface area contributed by atoms with Crippen molar-refractivity contribution in [1.29, 1.82) is 0 Å². The lowest BCUT2D eigenvalue weighted by atomic mass is 10.1. The van der Waals surface area contributed by atoms with Crippen LogP contribution in [-0.4, -0.2) is 9.97 Å². The Bertz CT molecular complexity index is 767.